The average molecular weight is 282 g/mol. The molecule has 104 valence electrons. The van der Waals surface area contributed by atoms with Gasteiger partial charge in [-0.25, -0.2) is 14.7 Å². The predicted molar refractivity (Wildman–Crippen MR) is 65.8 cm³/mol. The molecule has 1 heterocycles. The molecule has 4 nitrogen and oxygen atoms in total. The quantitative estimate of drug-likeness (QED) is 0.908. The van der Waals surface area contributed by atoms with E-state index in [2.05, 4.69) is 4.98 Å². The highest BCUT2D eigenvalue weighted by Crippen LogP contribution is 2.32. The van der Waals surface area contributed by atoms with Gasteiger partial charge in [-0.1, -0.05) is 18.2 Å². The summed E-state index contributed by atoms with van der Waals surface area (Å²) in [6.45, 7) is 0. The first kappa shape index (κ1) is 13.9. The zero-order valence-corrected chi connectivity index (χ0v) is 10.0. The first-order chi connectivity index (χ1) is 9.39. The molecular formula is C13H9F3N2O2. The number of pyridine rings is 1. The van der Waals surface area contributed by atoms with E-state index in [-0.39, 0.29) is 11.5 Å². The van der Waals surface area contributed by atoms with E-state index in [1.165, 1.54) is 12.1 Å². The van der Waals surface area contributed by atoms with Crippen molar-refractivity contribution in [1.82, 2.24) is 4.98 Å². The van der Waals surface area contributed by atoms with E-state index in [4.69, 9.17) is 0 Å². The second-order valence-electron chi connectivity index (χ2n) is 3.85. The second-order valence-corrected chi connectivity index (χ2v) is 3.85. The van der Waals surface area contributed by atoms with Gasteiger partial charge in [0.15, 0.2) is 0 Å². The maximum atomic E-state index is 12.6. The van der Waals surface area contributed by atoms with E-state index < -0.39 is 17.8 Å². The number of aromatic nitrogens is 1. The number of para-hydroxylation sites is 1. The minimum Gasteiger partial charge on any atom is -0.464 e. The molecule has 2 aromatic rings. The number of halogens is 3. The van der Waals surface area contributed by atoms with Crippen LogP contribution in [0.15, 0.2) is 48.7 Å². The minimum absolute atomic E-state index is 0.215. The van der Waals surface area contributed by atoms with Gasteiger partial charge < -0.3 is 5.11 Å². The van der Waals surface area contributed by atoms with Crippen LogP contribution in [0.4, 0.5) is 29.5 Å². The van der Waals surface area contributed by atoms with Crippen molar-refractivity contribution in [3.63, 3.8) is 0 Å². The van der Waals surface area contributed by atoms with Crippen LogP contribution in [-0.2, 0) is 6.18 Å². The lowest BCUT2D eigenvalue weighted by atomic mass is 10.2. The second kappa shape index (κ2) is 5.20. The molecular weight excluding hydrogens is 273 g/mol. The van der Waals surface area contributed by atoms with E-state index in [0.29, 0.717) is 11.0 Å². The first-order valence-corrected chi connectivity index (χ1v) is 5.51. The molecule has 0 fully saturated rings. The molecule has 0 saturated heterocycles. The molecule has 0 spiro atoms. The van der Waals surface area contributed by atoms with Crippen molar-refractivity contribution in [1.29, 1.82) is 0 Å². The van der Waals surface area contributed by atoms with Gasteiger partial charge in [0.1, 0.15) is 5.82 Å². The fraction of sp³-hybridized carbons (Fsp3) is 0.0769. The average Bonchev–Trinajstić information content (AvgIpc) is 2.39. The summed E-state index contributed by atoms with van der Waals surface area (Å²) in [6, 6.07) is 9.25. The van der Waals surface area contributed by atoms with Gasteiger partial charge in [0, 0.05) is 6.20 Å². The van der Waals surface area contributed by atoms with Gasteiger partial charge in [0.25, 0.3) is 0 Å². The smallest absolute Gasteiger partial charge is 0.417 e. The van der Waals surface area contributed by atoms with Gasteiger partial charge in [0.05, 0.1) is 11.3 Å². The van der Waals surface area contributed by atoms with Crippen LogP contribution >= 0.6 is 0 Å². The Kier molecular flexibility index (Phi) is 3.60. The standard InChI is InChI=1S/C13H9F3N2O2/c14-13(15,16)9-6-7-17-11(8-9)18(12(19)20)10-4-2-1-3-5-10/h1-8H,(H,19,20). The molecule has 0 radical (unpaired) electrons. The van der Waals surface area contributed by atoms with Crippen LogP contribution in [-0.4, -0.2) is 16.2 Å². The number of anilines is 2. The topological polar surface area (TPSA) is 53.4 Å². The van der Waals surface area contributed by atoms with Gasteiger partial charge in [-0.05, 0) is 24.3 Å². The summed E-state index contributed by atoms with van der Waals surface area (Å²) in [5.74, 6) is -0.307. The zero-order valence-electron chi connectivity index (χ0n) is 10.0. The van der Waals surface area contributed by atoms with Crippen LogP contribution in [0.5, 0.6) is 0 Å². The lowest BCUT2D eigenvalue weighted by Gasteiger charge is -2.19. The number of hydrogen-bond acceptors (Lipinski definition) is 2. The van der Waals surface area contributed by atoms with E-state index in [0.717, 1.165) is 12.3 Å². The molecule has 0 saturated carbocycles. The SMILES string of the molecule is O=C(O)N(c1ccccc1)c1cc(C(F)(F)F)ccn1. The highest BCUT2D eigenvalue weighted by Gasteiger charge is 2.32. The molecule has 1 aromatic heterocycles. The molecule has 1 amide bonds. The van der Waals surface area contributed by atoms with Gasteiger partial charge in [-0.15, -0.1) is 0 Å². The number of alkyl halides is 3. The predicted octanol–water partition coefficient (Wildman–Crippen LogP) is 3.92. The third-order valence-corrected chi connectivity index (χ3v) is 2.51. The normalized spacial score (nSPS) is 11.2. The largest absolute Gasteiger partial charge is 0.464 e. The Balaban J connectivity index is 2.49. The zero-order chi connectivity index (χ0) is 14.8. The summed E-state index contributed by atoms with van der Waals surface area (Å²) >= 11 is 0. The third-order valence-electron chi connectivity index (χ3n) is 2.51. The van der Waals surface area contributed by atoms with Gasteiger partial charge in [-0.3, -0.25) is 0 Å². The van der Waals surface area contributed by atoms with Crippen molar-refractivity contribution in [2.24, 2.45) is 0 Å². The van der Waals surface area contributed by atoms with Crippen LogP contribution in [0.2, 0.25) is 0 Å². The fourth-order valence-corrected chi connectivity index (χ4v) is 1.63. The van der Waals surface area contributed by atoms with Crippen molar-refractivity contribution in [3.8, 4) is 0 Å². The van der Waals surface area contributed by atoms with Crippen LogP contribution in [0.25, 0.3) is 0 Å². The van der Waals surface area contributed by atoms with Crippen LogP contribution in [0, 0.1) is 0 Å². The fourth-order valence-electron chi connectivity index (χ4n) is 1.63. The summed E-state index contributed by atoms with van der Waals surface area (Å²) in [7, 11) is 0. The van der Waals surface area contributed by atoms with Crippen molar-refractivity contribution < 1.29 is 23.1 Å². The molecule has 0 aliphatic carbocycles. The molecule has 0 bridgehead atoms. The molecule has 1 aromatic carbocycles. The van der Waals surface area contributed by atoms with Gasteiger partial charge in [-0.2, -0.15) is 13.2 Å². The van der Waals surface area contributed by atoms with Crippen molar-refractivity contribution >= 4 is 17.6 Å². The molecule has 2 rings (SSSR count). The first-order valence-electron chi connectivity index (χ1n) is 5.51. The molecule has 7 heteroatoms. The summed E-state index contributed by atoms with van der Waals surface area (Å²) in [5.41, 5.74) is -0.739. The maximum Gasteiger partial charge on any atom is 0.417 e. The lowest BCUT2D eigenvalue weighted by molar-refractivity contribution is -0.137. The lowest BCUT2D eigenvalue weighted by Crippen LogP contribution is -2.25. The molecule has 0 atom stereocenters. The number of benzene rings is 1. The number of carbonyl (C=O) groups is 1. The van der Waals surface area contributed by atoms with E-state index in [1.807, 2.05) is 0 Å². The summed E-state index contributed by atoms with van der Waals surface area (Å²) in [4.78, 5) is 15.7. The van der Waals surface area contributed by atoms with Crippen molar-refractivity contribution in [3.05, 3.63) is 54.2 Å². The van der Waals surface area contributed by atoms with Gasteiger partial charge >= 0.3 is 12.3 Å². The van der Waals surface area contributed by atoms with Gasteiger partial charge in [0.2, 0.25) is 0 Å². The van der Waals surface area contributed by atoms with E-state index in [9.17, 15) is 23.1 Å². The Labute approximate surface area is 112 Å². The summed E-state index contributed by atoms with van der Waals surface area (Å²) in [6.07, 6.45) is -5.04. The molecule has 0 aliphatic rings. The maximum absolute atomic E-state index is 12.6. The highest BCUT2D eigenvalue weighted by atomic mass is 19.4. The van der Waals surface area contributed by atoms with E-state index >= 15 is 0 Å². The van der Waals surface area contributed by atoms with Crippen LogP contribution < -0.4 is 4.90 Å². The van der Waals surface area contributed by atoms with Crippen molar-refractivity contribution in [2.75, 3.05) is 4.90 Å². The molecule has 0 unspecified atom stereocenters. The Morgan fingerprint density at radius 1 is 1.15 bits per heavy atom. The third kappa shape index (κ3) is 2.87. The monoisotopic (exact) mass is 282 g/mol. The van der Waals surface area contributed by atoms with Crippen LogP contribution in [0.1, 0.15) is 5.56 Å². The Bertz CT molecular complexity index is 615. The number of hydrogen-bond donors (Lipinski definition) is 1. The number of nitrogens with zero attached hydrogens (tertiary/aromatic N) is 2. The minimum atomic E-state index is -4.56. The molecule has 0 aliphatic heterocycles. The van der Waals surface area contributed by atoms with E-state index in [1.54, 1.807) is 18.2 Å². The Hall–Kier alpha value is -2.57. The number of amides is 1. The van der Waals surface area contributed by atoms with Crippen molar-refractivity contribution in [2.45, 2.75) is 6.18 Å². The number of rotatable bonds is 2. The van der Waals surface area contributed by atoms with Crippen LogP contribution in [0.3, 0.4) is 0 Å². The highest BCUT2D eigenvalue weighted by molar-refractivity contribution is 5.93. The molecule has 20 heavy (non-hydrogen) atoms. The summed E-state index contributed by atoms with van der Waals surface area (Å²) < 4.78 is 37.9. The Morgan fingerprint density at radius 2 is 1.80 bits per heavy atom. The molecule has 1 N–H and O–H groups in total. The summed E-state index contributed by atoms with van der Waals surface area (Å²) in [5, 5.41) is 9.18. The number of carboxylic acid groups (broad SMARTS) is 1. The Morgan fingerprint density at radius 3 is 2.35 bits per heavy atom.